The molecule has 0 bridgehead atoms. The highest BCUT2D eigenvalue weighted by atomic mass is 16.4. The number of nitrogens with one attached hydrogen (secondary N) is 1. The van der Waals surface area contributed by atoms with Gasteiger partial charge in [0.15, 0.2) is 0 Å². The maximum Gasteiger partial charge on any atom is 0.394 e. The van der Waals surface area contributed by atoms with Crippen molar-refractivity contribution in [3.05, 3.63) is 0 Å². The minimum Gasteiger partial charge on any atom is -0.474 e. The van der Waals surface area contributed by atoms with Gasteiger partial charge in [0.05, 0.1) is 0 Å². The van der Waals surface area contributed by atoms with Gasteiger partial charge in [-0.05, 0) is 18.3 Å². The van der Waals surface area contributed by atoms with E-state index < -0.39 is 11.9 Å². The Balaban J connectivity index is 2.54. The minimum atomic E-state index is -1.40. The molecule has 0 aromatic heterocycles. The summed E-state index contributed by atoms with van der Waals surface area (Å²) < 4.78 is 0. The van der Waals surface area contributed by atoms with Crippen LogP contribution in [0, 0.1) is 5.41 Å². The van der Waals surface area contributed by atoms with Crippen molar-refractivity contribution < 1.29 is 14.7 Å². The summed E-state index contributed by atoms with van der Waals surface area (Å²) in [4.78, 5) is 21.2. The van der Waals surface area contributed by atoms with Crippen molar-refractivity contribution in [1.82, 2.24) is 5.32 Å². The molecular weight excluding hydrogens is 170 g/mol. The molecule has 1 saturated carbocycles. The number of hydrogen-bond acceptors (Lipinski definition) is 2. The van der Waals surface area contributed by atoms with Gasteiger partial charge in [0.1, 0.15) is 0 Å². The molecule has 1 aliphatic carbocycles. The molecule has 0 saturated heterocycles. The predicted molar refractivity (Wildman–Crippen MR) is 47.2 cm³/mol. The lowest BCUT2D eigenvalue weighted by molar-refractivity contribution is -0.150. The minimum absolute atomic E-state index is 0.0103. The van der Waals surface area contributed by atoms with Crippen molar-refractivity contribution in [1.29, 1.82) is 0 Å². The van der Waals surface area contributed by atoms with E-state index in [0.29, 0.717) is 0 Å². The van der Waals surface area contributed by atoms with Crippen LogP contribution in [-0.4, -0.2) is 23.0 Å². The Morgan fingerprint density at radius 3 is 2.46 bits per heavy atom. The van der Waals surface area contributed by atoms with E-state index in [0.717, 1.165) is 19.3 Å². The first-order chi connectivity index (χ1) is 5.93. The Kier molecular flexibility index (Phi) is 2.59. The molecule has 74 valence electrons. The summed E-state index contributed by atoms with van der Waals surface area (Å²) in [5.41, 5.74) is 0.0328. The second kappa shape index (κ2) is 3.36. The summed E-state index contributed by atoms with van der Waals surface area (Å²) >= 11 is 0. The molecule has 2 N–H and O–H groups in total. The van der Waals surface area contributed by atoms with Crippen LogP contribution in [0.1, 0.15) is 33.1 Å². The molecule has 0 spiro atoms. The van der Waals surface area contributed by atoms with E-state index in [1.165, 1.54) is 0 Å². The second-order valence-corrected chi connectivity index (χ2v) is 4.21. The number of carbonyl (C=O) groups excluding carboxylic acids is 1. The van der Waals surface area contributed by atoms with Crippen molar-refractivity contribution >= 4 is 11.9 Å². The number of aliphatic carboxylic acids is 1. The standard InChI is InChI=1S/C9H15NO3/c1-9(2)5-3-4-6(9)10-7(11)8(12)13/h6H,3-5H2,1-2H3,(H,10,11)(H,12,13). The number of amides is 1. The van der Waals surface area contributed by atoms with E-state index in [4.69, 9.17) is 5.11 Å². The molecule has 0 radical (unpaired) electrons. The molecule has 0 aliphatic heterocycles. The topological polar surface area (TPSA) is 66.4 Å². The van der Waals surface area contributed by atoms with Gasteiger partial charge in [0, 0.05) is 6.04 Å². The van der Waals surface area contributed by atoms with Gasteiger partial charge in [0.2, 0.25) is 0 Å². The van der Waals surface area contributed by atoms with Crippen LogP contribution in [-0.2, 0) is 9.59 Å². The molecule has 1 fully saturated rings. The Hall–Kier alpha value is -1.06. The fraction of sp³-hybridized carbons (Fsp3) is 0.778. The van der Waals surface area contributed by atoms with Crippen molar-refractivity contribution in [2.45, 2.75) is 39.2 Å². The first-order valence-electron chi connectivity index (χ1n) is 4.47. The molecule has 4 heteroatoms. The maximum absolute atomic E-state index is 10.9. The molecule has 1 rings (SSSR count). The van der Waals surface area contributed by atoms with Crippen molar-refractivity contribution in [3.63, 3.8) is 0 Å². The summed E-state index contributed by atoms with van der Waals surface area (Å²) in [7, 11) is 0. The van der Waals surface area contributed by atoms with E-state index in [9.17, 15) is 9.59 Å². The van der Waals surface area contributed by atoms with Crippen LogP contribution in [0.25, 0.3) is 0 Å². The zero-order valence-electron chi connectivity index (χ0n) is 7.96. The molecule has 1 atom stereocenters. The first kappa shape index (κ1) is 10.0. The van der Waals surface area contributed by atoms with Crippen LogP contribution in [0.5, 0.6) is 0 Å². The Morgan fingerprint density at radius 2 is 2.08 bits per heavy atom. The van der Waals surface area contributed by atoms with Gasteiger partial charge in [-0.2, -0.15) is 0 Å². The highest BCUT2D eigenvalue weighted by Crippen LogP contribution is 2.36. The zero-order valence-corrected chi connectivity index (χ0v) is 7.96. The summed E-state index contributed by atoms with van der Waals surface area (Å²) in [5, 5.41) is 10.9. The third-order valence-electron chi connectivity index (χ3n) is 2.76. The van der Waals surface area contributed by atoms with Crippen molar-refractivity contribution in [2.24, 2.45) is 5.41 Å². The highest BCUT2D eigenvalue weighted by molar-refractivity contribution is 6.31. The van der Waals surface area contributed by atoms with E-state index >= 15 is 0 Å². The lowest BCUT2D eigenvalue weighted by Crippen LogP contribution is -2.44. The monoisotopic (exact) mass is 185 g/mol. The quantitative estimate of drug-likeness (QED) is 0.593. The smallest absolute Gasteiger partial charge is 0.394 e. The van der Waals surface area contributed by atoms with Crippen LogP contribution in [0.3, 0.4) is 0 Å². The van der Waals surface area contributed by atoms with E-state index in [1.807, 2.05) is 13.8 Å². The average Bonchev–Trinajstić information content (AvgIpc) is 2.30. The molecule has 1 amide bonds. The molecule has 1 unspecified atom stereocenters. The van der Waals surface area contributed by atoms with Gasteiger partial charge in [0.25, 0.3) is 0 Å². The summed E-state index contributed by atoms with van der Waals surface area (Å²) in [6.07, 6.45) is 2.97. The maximum atomic E-state index is 10.9. The molecule has 0 aromatic carbocycles. The van der Waals surface area contributed by atoms with Crippen LogP contribution in [0.15, 0.2) is 0 Å². The molecule has 13 heavy (non-hydrogen) atoms. The predicted octanol–water partition coefficient (Wildman–Crippen LogP) is 0.766. The number of carboxylic acids is 1. The second-order valence-electron chi connectivity index (χ2n) is 4.21. The van der Waals surface area contributed by atoms with E-state index in [1.54, 1.807) is 0 Å². The fourth-order valence-corrected chi connectivity index (χ4v) is 1.81. The molecule has 4 nitrogen and oxygen atoms in total. The zero-order chi connectivity index (χ0) is 10.1. The normalized spacial score (nSPS) is 25.5. The fourth-order valence-electron chi connectivity index (χ4n) is 1.81. The van der Waals surface area contributed by atoms with Crippen molar-refractivity contribution in [2.75, 3.05) is 0 Å². The van der Waals surface area contributed by atoms with Crippen LogP contribution in [0.2, 0.25) is 0 Å². The SMILES string of the molecule is CC1(C)CCCC1NC(=O)C(=O)O. The lowest BCUT2D eigenvalue weighted by atomic mass is 9.87. The number of hydrogen-bond donors (Lipinski definition) is 2. The van der Waals surface area contributed by atoms with E-state index in [-0.39, 0.29) is 11.5 Å². The van der Waals surface area contributed by atoms with Gasteiger partial charge >= 0.3 is 11.9 Å². The van der Waals surface area contributed by atoms with Gasteiger partial charge < -0.3 is 10.4 Å². The highest BCUT2D eigenvalue weighted by Gasteiger charge is 2.36. The number of rotatable bonds is 1. The van der Waals surface area contributed by atoms with Crippen LogP contribution < -0.4 is 5.32 Å². The average molecular weight is 185 g/mol. The first-order valence-corrected chi connectivity index (χ1v) is 4.47. The lowest BCUT2D eigenvalue weighted by Gasteiger charge is -2.26. The summed E-state index contributed by atoms with van der Waals surface area (Å²) in [6.45, 7) is 4.10. The molecule has 0 heterocycles. The summed E-state index contributed by atoms with van der Waals surface area (Å²) in [6, 6.07) is 0.0103. The van der Waals surface area contributed by atoms with Gasteiger partial charge in [-0.25, -0.2) is 4.79 Å². The Bertz CT molecular complexity index is 235. The van der Waals surface area contributed by atoms with Crippen LogP contribution in [0.4, 0.5) is 0 Å². The third kappa shape index (κ3) is 2.20. The van der Waals surface area contributed by atoms with Gasteiger partial charge in [-0.3, -0.25) is 4.79 Å². The van der Waals surface area contributed by atoms with E-state index in [2.05, 4.69) is 5.32 Å². The largest absolute Gasteiger partial charge is 0.474 e. The third-order valence-corrected chi connectivity index (χ3v) is 2.76. The Labute approximate surface area is 77.3 Å². The van der Waals surface area contributed by atoms with Crippen LogP contribution >= 0.6 is 0 Å². The molecule has 0 aromatic rings. The number of carboxylic acid groups (broad SMARTS) is 1. The van der Waals surface area contributed by atoms with Gasteiger partial charge in [-0.15, -0.1) is 0 Å². The Morgan fingerprint density at radius 1 is 1.46 bits per heavy atom. The van der Waals surface area contributed by atoms with Gasteiger partial charge in [-0.1, -0.05) is 20.3 Å². The molecular formula is C9H15NO3. The molecule has 1 aliphatic rings. The number of carbonyl (C=O) groups is 2. The summed E-state index contributed by atoms with van der Waals surface area (Å²) in [5.74, 6) is -2.29. The van der Waals surface area contributed by atoms with Crippen molar-refractivity contribution in [3.8, 4) is 0 Å².